The second-order valence-electron chi connectivity index (χ2n) is 5.56. The van der Waals surface area contributed by atoms with E-state index in [9.17, 15) is 4.79 Å². The van der Waals surface area contributed by atoms with Gasteiger partial charge in [0.25, 0.3) is 0 Å². The number of hydrogen-bond donors (Lipinski definition) is 2. The van der Waals surface area contributed by atoms with Gasteiger partial charge in [0.2, 0.25) is 0 Å². The number of carboxylic acids is 1. The van der Waals surface area contributed by atoms with Crippen LogP contribution in [-0.4, -0.2) is 57.3 Å². The van der Waals surface area contributed by atoms with E-state index in [-0.39, 0.29) is 5.69 Å². The minimum atomic E-state index is -1.03. The van der Waals surface area contributed by atoms with Gasteiger partial charge in [-0.05, 0) is 51.0 Å². The number of rotatable bonds is 4. The first-order chi connectivity index (χ1) is 10.1. The number of carboxylic acid groups (broad SMARTS) is 1. The third kappa shape index (κ3) is 2.97. The summed E-state index contributed by atoms with van der Waals surface area (Å²) >= 11 is 0. The lowest BCUT2D eigenvalue weighted by atomic mass is 9.97. The molecule has 7 heteroatoms. The summed E-state index contributed by atoms with van der Waals surface area (Å²) < 4.78 is 1.36. The summed E-state index contributed by atoms with van der Waals surface area (Å²) in [6, 6.07) is 3.61. The molecular formula is C14H19N5O2. The number of carbonyl (C=O) groups is 1. The van der Waals surface area contributed by atoms with Crippen molar-refractivity contribution in [1.82, 2.24) is 19.5 Å². The first-order valence-corrected chi connectivity index (χ1v) is 7.14. The molecule has 2 aromatic heterocycles. The number of nitrogens with zero attached hydrogens (tertiary/aromatic N) is 4. The van der Waals surface area contributed by atoms with Gasteiger partial charge in [0.15, 0.2) is 11.3 Å². The van der Waals surface area contributed by atoms with E-state index < -0.39 is 5.97 Å². The fourth-order valence-electron chi connectivity index (χ4n) is 2.63. The molecule has 3 rings (SSSR count). The lowest BCUT2D eigenvalue weighted by Crippen LogP contribution is -2.33. The molecule has 0 amide bonds. The van der Waals surface area contributed by atoms with Gasteiger partial charge in [-0.3, -0.25) is 0 Å². The predicted molar refractivity (Wildman–Crippen MR) is 78.7 cm³/mol. The maximum Gasteiger partial charge on any atom is 0.356 e. The van der Waals surface area contributed by atoms with Crippen molar-refractivity contribution < 1.29 is 9.90 Å². The summed E-state index contributed by atoms with van der Waals surface area (Å²) in [5.41, 5.74) is 0.616. The highest BCUT2D eigenvalue weighted by molar-refractivity contribution is 5.86. The van der Waals surface area contributed by atoms with Gasteiger partial charge in [0.1, 0.15) is 5.82 Å². The lowest BCUT2D eigenvalue weighted by Gasteiger charge is -2.29. The summed E-state index contributed by atoms with van der Waals surface area (Å²) in [7, 11) is 2.14. The van der Waals surface area contributed by atoms with Gasteiger partial charge in [0, 0.05) is 6.54 Å². The second kappa shape index (κ2) is 5.69. The number of imidazole rings is 1. The van der Waals surface area contributed by atoms with Gasteiger partial charge in [0.05, 0.1) is 6.20 Å². The van der Waals surface area contributed by atoms with E-state index in [0.717, 1.165) is 19.6 Å². The molecule has 0 radical (unpaired) electrons. The molecule has 0 aliphatic carbocycles. The monoisotopic (exact) mass is 289 g/mol. The zero-order chi connectivity index (χ0) is 14.8. The average molecular weight is 289 g/mol. The van der Waals surface area contributed by atoms with Crippen LogP contribution in [-0.2, 0) is 0 Å². The van der Waals surface area contributed by atoms with E-state index in [0.29, 0.717) is 17.4 Å². The molecule has 2 aromatic rings. The Balaban J connectivity index is 1.69. The van der Waals surface area contributed by atoms with Crippen LogP contribution >= 0.6 is 0 Å². The van der Waals surface area contributed by atoms with Crippen molar-refractivity contribution in [3.05, 3.63) is 24.0 Å². The summed E-state index contributed by atoms with van der Waals surface area (Å²) in [4.78, 5) is 17.5. The highest BCUT2D eigenvalue weighted by Gasteiger charge is 2.17. The fraction of sp³-hybridized carbons (Fsp3) is 0.500. The van der Waals surface area contributed by atoms with Crippen LogP contribution < -0.4 is 5.32 Å². The Kier molecular flexibility index (Phi) is 3.74. The first-order valence-electron chi connectivity index (χ1n) is 7.14. The fourth-order valence-corrected chi connectivity index (χ4v) is 2.63. The van der Waals surface area contributed by atoms with Crippen LogP contribution in [0.2, 0.25) is 0 Å². The number of hydrogen-bond acceptors (Lipinski definition) is 5. The number of nitrogens with one attached hydrogen (secondary N) is 1. The Hall–Kier alpha value is -2.15. The Bertz CT molecular complexity index is 646. The van der Waals surface area contributed by atoms with E-state index in [4.69, 9.17) is 5.11 Å². The molecule has 1 fully saturated rings. The number of aromatic nitrogens is 3. The molecule has 0 aromatic carbocycles. The quantitative estimate of drug-likeness (QED) is 0.879. The largest absolute Gasteiger partial charge is 0.476 e. The molecule has 0 atom stereocenters. The van der Waals surface area contributed by atoms with Crippen LogP contribution in [0.15, 0.2) is 18.3 Å². The van der Waals surface area contributed by atoms with Crippen LogP contribution in [0.25, 0.3) is 5.65 Å². The number of fused-ring (bicyclic) bond motifs is 1. The third-order valence-electron chi connectivity index (χ3n) is 3.99. The number of aromatic carboxylic acids is 1. The van der Waals surface area contributed by atoms with Crippen LogP contribution in [0.3, 0.4) is 0 Å². The van der Waals surface area contributed by atoms with E-state index in [1.54, 1.807) is 6.07 Å². The van der Waals surface area contributed by atoms with E-state index >= 15 is 0 Å². The first kappa shape index (κ1) is 13.8. The second-order valence-corrected chi connectivity index (χ2v) is 5.56. The molecule has 3 heterocycles. The minimum absolute atomic E-state index is 0.0768. The summed E-state index contributed by atoms with van der Waals surface area (Å²) in [6.45, 7) is 3.12. The summed E-state index contributed by atoms with van der Waals surface area (Å²) in [5, 5.41) is 16.7. The zero-order valence-corrected chi connectivity index (χ0v) is 12.0. The SMILES string of the molecule is CN1CCC(CNc2ccc3ncc(C(=O)O)n3n2)CC1. The molecule has 0 unspecified atom stereocenters. The van der Waals surface area contributed by atoms with Gasteiger partial charge >= 0.3 is 5.97 Å². The average Bonchev–Trinajstić information content (AvgIpc) is 2.90. The van der Waals surface area contributed by atoms with Crippen LogP contribution in [0.5, 0.6) is 0 Å². The highest BCUT2D eigenvalue weighted by atomic mass is 16.4. The molecular weight excluding hydrogens is 270 g/mol. The van der Waals surface area contributed by atoms with Crippen molar-refractivity contribution in [2.24, 2.45) is 5.92 Å². The number of piperidine rings is 1. The van der Waals surface area contributed by atoms with Gasteiger partial charge in [-0.1, -0.05) is 0 Å². The van der Waals surface area contributed by atoms with E-state index in [1.165, 1.54) is 23.6 Å². The Labute approximate surface area is 122 Å². The van der Waals surface area contributed by atoms with Crippen LogP contribution in [0, 0.1) is 5.92 Å². The zero-order valence-electron chi connectivity index (χ0n) is 12.0. The molecule has 21 heavy (non-hydrogen) atoms. The molecule has 7 nitrogen and oxygen atoms in total. The summed E-state index contributed by atoms with van der Waals surface area (Å²) in [5.74, 6) is 0.296. The van der Waals surface area contributed by atoms with Crippen molar-refractivity contribution in [2.75, 3.05) is 32.0 Å². The number of likely N-dealkylation sites (tertiary alicyclic amines) is 1. The van der Waals surface area contributed by atoms with Crippen molar-refractivity contribution in [3.63, 3.8) is 0 Å². The Morgan fingerprint density at radius 3 is 2.90 bits per heavy atom. The van der Waals surface area contributed by atoms with Crippen molar-refractivity contribution in [3.8, 4) is 0 Å². The van der Waals surface area contributed by atoms with Crippen LogP contribution in [0.1, 0.15) is 23.3 Å². The number of anilines is 1. The summed E-state index contributed by atoms with van der Waals surface area (Å²) in [6.07, 6.45) is 3.68. The molecule has 0 bridgehead atoms. The lowest BCUT2D eigenvalue weighted by molar-refractivity contribution is 0.0688. The van der Waals surface area contributed by atoms with Gasteiger partial charge in [-0.2, -0.15) is 0 Å². The topological polar surface area (TPSA) is 82.8 Å². The molecule has 0 saturated carbocycles. The molecule has 1 aliphatic heterocycles. The normalized spacial score (nSPS) is 17.2. The van der Waals surface area contributed by atoms with Crippen molar-refractivity contribution in [2.45, 2.75) is 12.8 Å². The Morgan fingerprint density at radius 1 is 1.43 bits per heavy atom. The smallest absolute Gasteiger partial charge is 0.356 e. The predicted octanol–water partition coefficient (Wildman–Crippen LogP) is 1.18. The molecule has 112 valence electrons. The Morgan fingerprint density at radius 2 is 2.19 bits per heavy atom. The standard InChI is InChI=1S/C14H19N5O2/c1-18-6-4-10(5-7-18)8-15-12-2-3-13-16-9-11(14(20)21)19(13)17-12/h2-3,9-10H,4-8H2,1H3,(H,15,17)(H,20,21). The maximum atomic E-state index is 11.1. The van der Waals surface area contributed by atoms with Crippen LogP contribution in [0.4, 0.5) is 5.82 Å². The van der Waals surface area contributed by atoms with Crippen molar-refractivity contribution in [1.29, 1.82) is 0 Å². The van der Waals surface area contributed by atoms with Crippen molar-refractivity contribution >= 4 is 17.4 Å². The highest BCUT2D eigenvalue weighted by Crippen LogP contribution is 2.17. The third-order valence-corrected chi connectivity index (χ3v) is 3.99. The maximum absolute atomic E-state index is 11.1. The van der Waals surface area contributed by atoms with Gasteiger partial charge in [-0.25, -0.2) is 14.3 Å². The molecule has 1 aliphatic rings. The van der Waals surface area contributed by atoms with Gasteiger partial charge < -0.3 is 15.3 Å². The molecule has 2 N–H and O–H groups in total. The molecule has 0 spiro atoms. The minimum Gasteiger partial charge on any atom is -0.476 e. The van der Waals surface area contributed by atoms with E-state index in [1.807, 2.05) is 6.07 Å². The van der Waals surface area contributed by atoms with Gasteiger partial charge in [-0.15, -0.1) is 5.10 Å². The van der Waals surface area contributed by atoms with E-state index in [2.05, 4.69) is 27.3 Å². The molecule has 1 saturated heterocycles.